The second-order valence-corrected chi connectivity index (χ2v) is 16.0. The van der Waals surface area contributed by atoms with Gasteiger partial charge >= 0.3 is 8.56 Å². The molecule has 2 atom stereocenters. The second-order valence-electron chi connectivity index (χ2n) is 5.79. The SMILES string of the molecule is C=Cc1ccc(CC[Si]2(C)O[SiH](C)O[SiH](C)O[SiH](C)O2)cc1. The highest BCUT2D eigenvalue weighted by molar-refractivity contribution is 6.81. The highest BCUT2D eigenvalue weighted by atomic mass is 28.5. The van der Waals surface area contributed by atoms with E-state index < -0.39 is 36.4 Å². The molecule has 8 heteroatoms. The Morgan fingerprint density at radius 2 is 1.55 bits per heavy atom. The zero-order valence-electron chi connectivity index (χ0n) is 13.9. The molecule has 1 fully saturated rings. The number of hydrogen-bond acceptors (Lipinski definition) is 4. The van der Waals surface area contributed by atoms with Gasteiger partial charge in [0.1, 0.15) is 0 Å². The van der Waals surface area contributed by atoms with E-state index in [1.54, 1.807) is 0 Å². The molecule has 0 bridgehead atoms. The molecule has 22 heavy (non-hydrogen) atoms. The van der Waals surface area contributed by atoms with Crippen molar-refractivity contribution in [1.29, 1.82) is 0 Å². The molecule has 0 N–H and O–H groups in total. The number of rotatable bonds is 4. The van der Waals surface area contributed by atoms with E-state index in [4.69, 9.17) is 16.5 Å². The lowest BCUT2D eigenvalue weighted by Crippen LogP contribution is -2.53. The predicted molar refractivity (Wildman–Crippen MR) is 100 cm³/mol. The van der Waals surface area contributed by atoms with E-state index in [1.807, 2.05) is 6.08 Å². The van der Waals surface area contributed by atoms with E-state index in [0.29, 0.717) is 0 Å². The van der Waals surface area contributed by atoms with Crippen molar-refractivity contribution in [2.24, 2.45) is 0 Å². The number of aryl methyl sites for hydroxylation is 1. The lowest BCUT2D eigenvalue weighted by molar-refractivity contribution is 0.274. The Morgan fingerprint density at radius 1 is 1.00 bits per heavy atom. The van der Waals surface area contributed by atoms with Crippen LogP contribution in [0.1, 0.15) is 11.1 Å². The summed E-state index contributed by atoms with van der Waals surface area (Å²) in [5.74, 6) is 0. The van der Waals surface area contributed by atoms with E-state index in [9.17, 15) is 0 Å². The first-order valence-corrected chi connectivity index (χ1v) is 16.6. The molecule has 1 aromatic rings. The van der Waals surface area contributed by atoms with Gasteiger partial charge < -0.3 is 16.5 Å². The van der Waals surface area contributed by atoms with Gasteiger partial charge in [-0.1, -0.05) is 36.9 Å². The Balaban J connectivity index is 1.99. The molecule has 122 valence electrons. The molecule has 0 aromatic heterocycles. The monoisotopic (exact) mass is 370 g/mol. The largest absolute Gasteiger partial charge is 0.420 e. The summed E-state index contributed by atoms with van der Waals surface area (Å²) in [6.07, 6.45) is 2.83. The fraction of sp³-hybridized carbons (Fsp3) is 0.429. The third kappa shape index (κ3) is 5.39. The van der Waals surface area contributed by atoms with Gasteiger partial charge in [0.2, 0.25) is 0 Å². The Bertz CT molecular complexity index is 482. The first-order valence-electron chi connectivity index (χ1n) is 7.78. The van der Waals surface area contributed by atoms with Crippen LogP contribution < -0.4 is 0 Å². The van der Waals surface area contributed by atoms with Crippen LogP contribution in [0.2, 0.25) is 32.2 Å². The molecule has 0 saturated carbocycles. The molecule has 1 saturated heterocycles. The van der Waals surface area contributed by atoms with Crippen molar-refractivity contribution in [2.75, 3.05) is 0 Å². The summed E-state index contributed by atoms with van der Waals surface area (Å²) in [6.45, 7) is 12.2. The highest BCUT2D eigenvalue weighted by Crippen LogP contribution is 2.22. The minimum atomic E-state index is -2.20. The molecule has 1 aliphatic rings. The average Bonchev–Trinajstić information content (AvgIpc) is 2.43. The first-order chi connectivity index (χ1) is 10.4. The van der Waals surface area contributed by atoms with E-state index in [2.05, 4.69) is 57.0 Å². The van der Waals surface area contributed by atoms with Gasteiger partial charge in [0, 0.05) is 0 Å². The third-order valence-corrected chi connectivity index (χ3v) is 17.6. The van der Waals surface area contributed by atoms with Crippen LogP contribution in [-0.2, 0) is 22.9 Å². The molecule has 0 aliphatic carbocycles. The maximum absolute atomic E-state index is 6.29. The third-order valence-electron chi connectivity index (χ3n) is 3.68. The summed E-state index contributed by atoms with van der Waals surface area (Å²) >= 11 is 0. The molecule has 2 unspecified atom stereocenters. The number of benzene rings is 1. The van der Waals surface area contributed by atoms with Gasteiger partial charge in [-0.05, 0) is 49.8 Å². The summed E-state index contributed by atoms with van der Waals surface area (Å²) < 4.78 is 24.5. The van der Waals surface area contributed by atoms with Crippen LogP contribution in [0.15, 0.2) is 30.8 Å². The van der Waals surface area contributed by atoms with Crippen molar-refractivity contribution < 1.29 is 16.5 Å². The molecule has 1 aliphatic heterocycles. The van der Waals surface area contributed by atoms with Gasteiger partial charge in [0.05, 0.1) is 0 Å². The fourth-order valence-corrected chi connectivity index (χ4v) is 17.3. The summed E-state index contributed by atoms with van der Waals surface area (Å²) in [6, 6.07) is 9.45. The first kappa shape index (κ1) is 18.0. The van der Waals surface area contributed by atoms with Crippen molar-refractivity contribution >= 4 is 42.5 Å². The number of hydrogen-bond donors (Lipinski definition) is 0. The highest BCUT2D eigenvalue weighted by Gasteiger charge is 2.39. The van der Waals surface area contributed by atoms with Crippen molar-refractivity contribution in [1.82, 2.24) is 0 Å². The molecule has 1 heterocycles. The predicted octanol–water partition coefficient (Wildman–Crippen LogP) is 2.58. The molecule has 1 aromatic carbocycles. The standard InChI is InChI=1S/C14H26O4Si4/c1-6-13-7-9-14(10-8-13)11-12-22(5)17-20(3)15-19(2)16-21(4)18-22/h6-10,19-21H,1,11-12H2,2-5H3. The van der Waals surface area contributed by atoms with Crippen LogP contribution in [0.25, 0.3) is 6.08 Å². The summed E-state index contributed by atoms with van der Waals surface area (Å²) in [5.41, 5.74) is 2.45. The van der Waals surface area contributed by atoms with Gasteiger partial charge in [-0.15, -0.1) is 0 Å². The average molecular weight is 371 g/mol. The molecule has 0 amide bonds. The lowest BCUT2D eigenvalue weighted by Gasteiger charge is -2.37. The van der Waals surface area contributed by atoms with E-state index in [1.165, 1.54) is 5.56 Å². The van der Waals surface area contributed by atoms with Gasteiger partial charge in [0.15, 0.2) is 0 Å². The van der Waals surface area contributed by atoms with E-state index in [-0.39, 0.29) is 0 Å². The zero-order chi connectivity index (χ0) is 16.2. The Kier molecular flexibility index (Phi) is 6.53. The molecule has 4 nitrogen and oxygen atoms in total. The van der Waals surface area contributed by atoms with Gasteiger partial charge in [-0.3, -0.25) is 0 Å². The second kappa shape index (κ2) is 7.97. The molecule has 0 spiro atoms. The Labute approximate surface area is 139 Å². The van der Waals surface area contributed by atoms with Gasteiger partial charge in [-0.2, -0.15) is 0 Å². The molecular weight excluding hydrogens is 344 g/mol. The maximum Gasteiger partial charge on any atom is 0.317 e. The Hall–Kier alpha value is -0.332. The van der Waals surface area contributed by atoms with E-state index in [0.717, 1.165) is 18.0 Å². The van der Waals surface area contributed by atoms with Crippen LogP contribution in [0.4, 0.5) is 0 Å². The minimum absolute atomic E-state index is 0.942. The van der Waals surface area contributed by atoms with E-state index >= 15 is 0 Å². The minimum Gasteiger partial charge on any atom is -0.420 e. The summed E-state index contributed by atoms with van der Waals surface area (Å²) in [7, 11) is -7.02. The van der Waals surface area contributed by atoms with Crippen molar-refractivity contribution in [3.8, 4) is 0 Å². The van der Waals surface area contributed by atoms with Crippen molar-refractivity contribution in [3.05, 3.63) is 42.0 Å². The van der Waals surface area contributed by atoms with Crippen LogP contribution in [0.3, 0.4) is 0 Å². The van der Waals surface area contributed by atoms with Gasteiger partial charge in [-0.25, -0.2) is 0 Å². The summed E-state index contributed by atoms with van der Waals surface area (Å²) in [5, 5.41) is 0. The smallest absolute Gasteiger partial charge is 0.317 e. The van der Waals surface area contributed by atoms with Gasteiger partial charge in [0.25, 0.3) is 27.9 Å². The van der Waals surface area contributed by atoms with Crippen LogP contribution in [0, 0.1) is 0 Å². The molecule has 2 rings (SSSR count). The molecule has 0 radical (unpaired) electrons. The lowest BCUT2D eigenvalue weighted by atomic mass is 10.1. The zero-order valence-corrected chi connectivity index (χ0v) is 18.3. The quantitative estimate of drug-likeness (QED) is 0.763. The van der Waals surface area contributed by atoms with Crippen LogP contribution >= 0.6 is 0 Å². The van der Waals surface area contributed by atoms with Crippen molar-refractivity contribution in [2.45, 2.75) is 38.7 Å². The van der Waals surface area contributed by atoms with Crippen LogP contribution in [-0.4, -0.2) is 36.4 Å². The van der Waals surface area contributed by atoms with Crippen molar-refractivity contribution in [3.63, 3.8) is 0 Å². The van der Waals surface area contributed by atoms with Crippen LogP contribution in [0.5, 0.6) is 0 Å². The molecular formula is C14H26O4Si4. The summed E-state index contributed by atoms with van der Waals surface area (Å²) in [4.78, 5) is 0. The maximum atomic E-state index is 6.29. The fourth-order valence-electron chi connectivity index (χ4n) is 2.67. The topological polar surface area (TPSA) is 36.9 Å². The Morgan fingerprint density at radius 3 is 2.05 bits per heavy atom. The normalized spacial score (nSPS) is 33.0.